The molecular formula is C19H38N4O3S. The number of nitrogens with one attached hydrogen (secondary N) is 3. The average molecular weight is 403 g/mol. The lowest BCUT2D eigenvalue weighted by Gasteiger charge is -2.33. The van der Waals surface area contributed by atoms with Gasteiger partial charge >= 0.3 is 6.03 Å². The fourth-order valence-electron chi connectivity index (χ4n) is 2.54. The molecule has 158 valence electrons. The summed E-state index contributed by atoms with van der Waals surface area (Å²) in [6, 6.07) is -1.61. The van der Waals surface area contributed by atoms with Crippen LogP contribution in [0.15, 0.2) is 0 Å². The van der Waals surface area contributed by atoms with Crippen LogP contribution in [0, 0.1) is 11.3 Å². The predicted octanol–water partition coefficient (Wildman–Crippen LogP) is 2.25. The van der Waals surface area contributed by atoms with Gasteiger partial charge in [0.05, 0.1) is 17.0 Å². The molecule has 0 radical (unpaired) electrons. The predicted molar refractivity (Wildman–Crippen MR) is 113 cm³/mol. The molecule has 0 aliphatic carbocycles. The molecule has 0 fully saturated rings. The Hall–Kier alpha value is -1.28. The molecule has 0 aromatic rings. The standard InChI is InChI=1S/C19H38N4O3S/c1-12(2)14(23-19(6,7)27-8)16(25)22-13(15(24)18(3,4)5)10-9-11-21-17(20)26/h12-14,23H,9-11H2,1-8H3,(H,22,25)(H3,20,21,26). The number of carbonyl (C=O) groups excluding carboxylic acids is 3. The fraction of sp³-hybridized carbons (Fsp3) is 0.842. The number of primary amides is 1. The number of thioether (sulfide) groups is 1. The van der Waals surface area contributed by atoms with E-state index in [4.69, 9.17) is 5.73 Å². The van der Waals surface area contributed by atoms with Crippen LogP contribution in [-0.4, -0.2) is 47.5 Å². The summed E-state index contributed by atoms with van der Waals surface area (Å²) in [5.41, 5.74) is 4.49. The minimum absolute atomic E-state index is 0.0263. The van der Waals surface area contributed by atoms with Crippen LogP contribution in [0.25, 0.3) is 0 Å². The van der Waals surface area contributed by atoms with E-state index in [2.05, 4.69) is 16.0 Å². The van der Waals surface area contributed by atoms with E-state index in [0.29, 0.717) is 19.4 Å². The first-order chi connectivity index (χ1) is 12.2. The summed E-state index contributed by atoms with van der Waals surface area (Å²) in [5.74, 6) is -0.141. The lowest BCUT2D eigenvalue weighted by Crippen LogP contribution is -2.57. The molecule has 2 unspecified atom stereocenters. The van der Waals surface area contributed by atoms with Crippen molar-refractivity contribution in [3.05, 3.63) is 0 Å². The number of ketones is 1. The van der Waals surface area contributed by atoms with Crippen molar-refractivity contribution in [1.82, 2.24) is 16.0 Å². The Morgan fingerprint density at radius 3 is 2.04 bits per heavy atom. The summed E-state index contributed by atoms with van der Waals surface area (Å²) >= 11 is 1.63. The number of hydrogen-bond acceptors (Lipinski definition) is 5. The van der Waals surface area contributed by atoms with Crippen molar-refractivity contribution in [2.75, 3.05) is 12.8 Å². The van der Waals surface area contributed by atoms with Gasteiger partial charge in [0.15, 0.2) is 5.78 Å². The van der Waals surface area contributed by atoms with E-state index in [1.807, 2.05) is 54.7 Å². The third kappa shape index (κ3) is 10.0. The van der Waals surface area contributed by atoms with Gasteiger partial charge in [0, 0.05) is 12.0 Å². The van der Waals surface area contributed by atoms with E-state index in [9.17, 15) is 14.4 Å². The van der Waals surface area contributed by atoms with Crippen LogP contribution in [0.1, 0.15) is 61.3 Å². The van der Waals surface area contributed by atoms with Gasteiger partial charge in [-0.25, -0.2) is 4.79 Å². The second-order valence-corrected chi connectivity index (χ2v) is 10.1. The summed E-state index contributed by atoms with van der Waals surface area (Å²) < 4.78 is 0. The zero-order valence-electron chi connectivity index (χ0n) is 18.1. The molecule has 27 heavy (non-hydrogen) atoms. The summed E-state index contributed by atoms with van der Waals surface area (Å²) in [5, 5.41) is 8.82. The first kappa shape index (κ1) is 25.7. The summed E-state index contributed by atoms with van der Waals surface area (Å²) in [4.78, 5) is 36.3. The molecule has 0 aromatic heterocycles. The first-order valence-corrected chi connectivity index (χ1v) is 10.6. The van der Waals surface area contributed by atoms with Crippen molar-refractivity contribution >= 4 is 29.5 Å². The van der Waals surface area contributed by atoms with Crippen LogP contribution >= 0.6 is 11.8 Å². The topological polar surface area (TPSA) is 113 Å². The fourth-order valence-corrected chi connectivity index (χ4v) is 2.78. The van der Waals surface area contributed by atoms with Gasteiger partial charge in [-0.15, -0.1) is 11.8 Å². The quantitative estimate of drug-likeness (QED) is 0.313. The third-order valence-electron chi connectivity index (χ3n) is 4.30. The molecule has 0 saturated heterocycles. The molecular weight excluding hydrogens is 364 g/mol. The number of carbonyl (C=O) groups is 3. The van der Waals surface area contributed by atoms with Gasteiger partial charge in [0.2, 0.25) is 5.91 Å². The minimum Gasteiger partial charge on any atom is -0.352 e. The normalized spacial score (nSPS) is 14.6. The van der Waals surface area contributed by atoms with Crippen LogP contribution in [0.3, 0.4) is 0 Å². The number of hydrogen-bond donors (Lipinski definition) is 4. The molecule has 0 bridgehead atoms. The molecule has 5 N–H and O–H groups in total. The van der Waals surface area contributed by atoms with Crippen molar-refractivity contribution < 1.29 is 14.4 Å². The minimum atomic E-state index is -0.604. The highest BCUT2D eigenvalue weighted by molar-refractivity contribution is 7.99. The van der Waals surface area contributed by atoms with Crippen molar-refractivity contribution in [1.29, 1.82) is 0 Å². The SMILES string of the molecule is CSC(C)(C)NC(C(=O)NC(CCCNC(N)=O)C(=O)C(C)(C)C)C(C)C. The number of Topliss-reactive ketones (excluding diaryl/α,β-unsaturated/α-hetero) is 1. The highest BCUT2D eigenvalue weighted by atomic mass is 32.2. The summed E-state index contributed by atoms with van der Waals surface area (Å²) in [7, 11) is 0. The van der Waals surface area contributed by atoms with Gasteiger partial charge < -0.3 is 16.4 Å². The molecule has 8 heteroatoms. The highest BCUT2D eigenvalue weighted by Gasteiger charge is 2.34. The Labute approximate surface area is 168 Å². The van der Waals surface area contributed by atoms with Crippen LogP contribution in [0.4, 0.5) is 4.79 Å². The monoisotopic (exact) mass is 402 g/mol. The number of nitrogens with two attached hydrogens (primary N) is 1. The smallest absolute Gasteiger partial charge is 0.312 e. The van der Waals surface area contributed by atoms with Crippen molar-refractivity contribution in [3.63, 3.8) is 0 Å². The van der Waals surface area contributed by atoms with Crippen LogP contribution in [0.2, 0.25) is 0 Å². The maximum atomic E-state index is 12.9. The summed E-state index contributed by atoms with van der Waals surface area (Å²) in [6.45, 7) is 13.9. The molecule has 0 aromatic carbocycles. The second kappa shape index (κ2) is 10.9. The lowest BCUT2D eigenvalue weighted by molar-refractivity contribution is -0.133. The van der Waals surface area contributed by atoms with Crippen LogP contribution < -0.4 is 21.7 Å². The molecule has 2 atom stereocenters. The van der Waals surface area contributed by atoms with E-state index in [1.54, 1.807) is 11.8 Å². The second-order valence-electron chi connectivity index (χ2n) is 8.69. The molecule has 0 saturated carbocycles. The van der Waals surface area contributed by atoms with Crippen LogP contribution in [-0.2, 0) is 9.59 Å². The van der Waals surface area contributed by atoms with Crippen molar-refractivity contribution in [3.8, 4) is 0 Å². The largest absolute Gasteiger partial charge is 0.352 e. The third-order valence-corrected chi connectivity index (χ3v) is 5.44. The highest BCUT2D eigenvalue weighted by Crippen LogP contribution is 2.22. The Balaban J connectivity index is 5.21. The number of amides is 3. The van der Waals surface area contributed by atoms with E-state index in [0.717, 1.165) is 0 Å². The van der Waals surface area contributed by atoms with Gasteiger partial charge in [-0.1, -0.05) is 34.6 Å². The van der Waals surface area contributed by atoms with E-state index in [1.165, 1.54) is 0 Å². The Morgan fingerprint density at radius 2 is 1.63 bits per heavy atom. The van der Waals surface area contributed by atoms with E-state index in [-0.39, 0.29) is 22.5 Å². The van der Waals surface area contributed by atoms with Gasteiger partial charge in [0.1, 0.15) is 0 Å². The van der Waals surface area contributed by atoms with Crippen molar-refractivity contribution in [2.45, 2.75) is 78.3 Å². The first-order valence-electron chi connectivity index (χ1n) is 9.42. The number of urea groups is 1. The van der Waals surface area contributed by atoms with Gasteiger partial charge in [-0.3, -0.25) is 14.9 Å². The van der Waals surface area contributed by atoms with E-state index < -0.39 is 23.5 Å². The maximum Gasteiger partial charge on any atom is 0.312 e. The lowest BCUT2D eigenvalue weighted by atomic mass is 9.84. The molecule has 0 spiro atoms. The van der Waals surface area contributed by atoms with Gasteiger partial charge in [0.25, 0.3) is 0 Å². The summed E-state index contributed by atoms with van der Waals surface area (Å²) in [6.07, 6.45) is 2.98. The van der Waals surface area contributed by atoms with Gasteiger partial charge in [-0.2, -0.15) is 0 Å². The Bertz CT molecular complexity index is 516. The van der Waals surface area contributed by atoms with Gasteiger partial charge in [-0.05, 0) is 38.9 Å². The zero-order valence-corrected chi connectivity index (χ0v) is 18.9. The van der Waals surface area contributed by atoms with Crippen LogP contribution in [0.5, 0.6) is 0 Å². The average Bonchev–Trinajstić information content (AvgIpc) is 2.53. The molecule has 0 aliphatic heterocycles. The molecule has 0 heterocycles. The molecule has 0 rings (SSSR count). The molecule has 0 aliphatic rings. The molecule has 3 amide bonds. The molecule has 7 nitrogen and oxygen atoms in total. The number of rotatable bonds is 11. The maximum absolute atomic E-state index is 12.9. The van der Waals surface area contributed by atoms with E-state index >= 15 is 0 Å². The Morgan fingerprint density at radius 1 is 1.07 bits per heavy atom. The zero-order chi connectivity index (χ0) is 21.4. The Kier molecular flexibility index (Phi) is 10.4. The van der Waals surface area contributed by atoms with Crippen molar-refractivity contribution in [2.24, 2.45) is 17.1 Å².